The van der Waals surface area contributed by atoms with Crippen LogP contribution >= 0.6 is 11.8 Å². The molecule has 0 spiro atoms. The number of nitrogens with one attached hydrogen (secondary N) is 1. The fraction of sp³-hybridized carbons (Fsp3) is 0.550. The number of hydrogen-bond donors (Lipinski definition) is 1. The Balaban J connectivity index is 1.96. The number of nitrogens with zero attached hydrogens (tertiary/aromatic N) is 3. The van der Waals surface area contributed by atoms with E-state index in [2.05, 4.69) is 10.3 Å². The largest absolute Gasteiger partial charge is 0.491 e. The van der Waals surface area contributed by atoms with E-state index >= 15 is 0 Å². The van der Waals surface area contributed by atoms with Crippen LogP contribution < -0.4 is 10.1 Å². The summed E-state index contributed by atoms with van der Waals surface area (Å²) in [4.78, 5) is 18.0. The quantitative estimate of drug-likeness (QED) is 0.337. The lowest BCUT2D eigenvalue weighted by Gasteiger charge is -2.33. The zero-order valence-electron chi connectivity index (χ0n) is 17.2. The Labute approximate surface area is 175 Å². The van der Waals surface area contributed by atoms with Gasteiger partial charge in [0.05, 0.1) is 6.61 Å². The van der Waals surface area contributed by atoms with E-state index in [0.717, 1.165) is 12.8 Å². The number of amidine groups is 1. The number of benzene rings is 1. The van der Waals surface area contributed by atoms with Gasteiger partial charge in [0.2, 0.25) is 0 Å². The van der Waals surface area contributed by atoms with Gasteiger partial charge in [0, 0.05) is 13.1 Å². The Kier molecular flexibility index (Phi) is 8.14. The Morgan fingerprint density at radius 1 is 1.41 bits per heavy atom. The second-order valence-electron chi connectivity index (χ2n) is 7.67. The smallest absolute Gasteiger partial charge is 0.410 e. The number of para-hydroxylation sites is 1. The van der Waals surface area contributed by atoms with Gasteiger partial charge in [0.15, 0.2) is 17.2 Å². The second-order valence-corrected chi connectivity index (χ2v) is 8.46. The highest BCUT2D eigenvalue weighted by Crippen LogP contribution is 2.32. The monoisotopic (exact) mass is 422 g/mol. The number of halogens is 1. The summed E-state index contributed by atoms with van der Waals surface area (Å²) >= 11 is 1.20. The lowest BCUT2D eigenvalue weighted by Crippen LogP contribution is -2.42. The molecule has 1 aromatic carbocycles. The van der Waals surface area contributed by atoms with Crippen molar-refractivity contribution in [1.29, 1.82) is 5.26 Å². The average molecular weight is 423 g/mol. The fourth-order valence-electron chi connectivity index (χ4n) is 2.81. The van der Waals surface area contributed by atoms with E-state index in [0.29, 0.717) is 25.4 Å². The molecule has 1 aliphatic rings. The van der Waals surface area contributed by atoms with Gasteiger partial charge >= 0.3 is 6.09 Å². The number of carbonyl (C=O) groups is 1. The second kappa shape index (κ2) is 10.3. The highest BCUT2D eigenvalue weighted by Gasteiger charge is 2.27. The molecule has 1 heterocycles. The topological polar surface area (TPSA) is 86.9 Å². The van der Waals surface area contributed by atoms with Crippen LogP contribution in [0.2, 0.25) is 0 Å². The van der Waals surface area contributed by atoms with Gasteiger partial charge in [-0.1, -0.05) is 17.8 Å². The highest BCUT2D eigenvalue weighted by atomic mass is 32.2. The van der Waals surface area contributed by atoms with Crippen molar-refractivity contribution in [3.05, 3.63) is 24.0 Å². The standard InChI is InChI=1S/C20H27FN4O3S/c1-20(2,3)28-19(26)25-10-8-14(9-11-25)12-27-16-7-5-6-15(21)17(16)24-18(29-4)23-13-22/h5-7,14H,8-12H2,1-4H3,(H,23,24). The van der Waals surface area contributed by atoms with Crippen molar-refractivity contribution in [3.8, 4) is 11.9 Å². The first-order valence-corrected chi connectivity index (χ1v) is 10.6. The maximum absolute atomic E-state index is 14.3. The normalized spacial score (nSPS) is 15.6. The van der Waals surface area contributed by atoms with E-state index in [1.165, 1.54) is 17.8 Å². The molecule has 1 saturated heterocycles. The van der Waals surface area contributed by atoms with E-state index in [9.17, 15) is 9.18 Å². The Morgan fingerprint density at radius 2 is 2.10 bits per heavy atom. The molecule has 1 aromatic rings. The van der Waals surface area contributed by atoms with Crippen LogP contribution in [0.4, 0.5) is 14.9 Å². The summed E-state index contributed by atoms with van der Waals surface area (Å²) in [6, 6.07) is 4.52. The zero-order chi connectivity index (χ0) is 21.4. The molecule has 0 radical (unpaired) electrons. The van der Waals surface area contributed by atoms with Gasteiger partial charge in [-0.05, 0) is 57.9 Å². The minimum Gasteiger partial charge on any atom is -0.491 e. The molecule has 0 saturated carbocycles. The molecule has 29 heavy (non-hydrogen) atoms. The van der Waals surface area contributed by atoms with E-state index in [1.807, 2.05) is 20.8 Å². The van der Waals surface area contributed by atoms with Crippen LogP contribution in [0.25, 0.3) is 0 Å². The Bertz CT molecular complexity index is 781. The van der Waals surface area contributed by atoms with Crippen LogP contribution in [-0.4, -0.2) is 47.7 Å². The lowest BCUT2D eigenvalue weighted by molar-refractivity contribution is 0.0165. The van der Waals surface area contributed by atoms with E-state index in [4.69, 9.17) is 14.7 Å². The van der Waals surface area contributed by atoms with Gasteiger partial charge in [-0.15, -0.1) is 0 Å². The summed E-state index contributed by atoms with van der Waals surface area (Å²) in [6.45, 7) is 7.13. The van der Waals surface area contributed by atoms with Crippen molar-refractivity contribution >= 4 is 28.7 Å². The molecule has 0 unspecified atom stereocenters. The molecule has 158 valence electrons. The van der Waals surface area contributed by atoms with Crippen LogP contribution in [0.5, 0.6) is 5.75 Å². The van der Waals surface area contributed by atoms with E-state index < -0.39 is 11.4 Å². The highest BCUT2D eigenvalue weighted by molar-refractivity contribution is 8.13. The van der Waals surface area contributed by atoms with Crippen LogP contribution in [0.1, 0.15) is 33.6 Å². The number of likely N-dealkylation sites (tertiary alicyclic amines) is 1. The summed E-state index contributed by atoms with van der Waals surface area (Å²) in [7, 11) is 0. The number of aliphatic imine (C=N–C) groups is 1. The summed E-state index contributed by atoms with van der Waals surface area (Å²) in [5, 5.41) is 11.5. The summed E-state index contributed by atoms with van der Waals surface area (Å²) in [6.07, 6.45) is 4.78. The molecule has 0 bridgehead atoms. The molecule has 0 aromatic heterocycles. The van der Waals surface area contributed by atoms with Crippen molar-refractivity contribution in [2.24, 2.45) is 10.9 Å². The first kappa shape index (κ1) is 22.8. The molecular weight excluding hydrogens is 395 g/mol. The molecule has 1 aliphatic heterocycles. The molecule has 1 N–H and O–H groups in total. The first-order chi connectivity index (χ1) is 13.7. The number of ether oxygens (including phenoxy) is 2. The molecule has 0 atom stereocenters. The van der Waals surface area contributed by atoms with Crippen LogP contribution in [0.3, 0.4) is 0 Å². The minimum atomic E-state index is -0.520. The summed E-state index contributed by atoms with van der Waals surface area (Å²) in [5.74, 6) is 0.0467. The predicted molar refractivity (Wildman–Crippen MR) is 112 cm³/mol. The maximum Gasteiger partial charge on any atom is 0.410 e. The maximum atomic E-state index is 14.3. The predicted octanol–water partition coefficient (Wildman–Crippen LogP) is 4.27. The zero-order valence-corrected chi connectivity index (χ0v) is 18.0. The van der Waals surface area contributed by atoms with Crippen molar-refractivity contribution in [3.63, 3.8) is 0 Å². The Morgan fingerprint density at radius 3 is 2.69 bits per heavy atom. The van der Waals surface area contributed by atoms with Gasteiger partial charge in [-0.3, -0.25) is 5.32 Å². The molecule has 2 rings (SSSR count). The van der Waals surface area contributed by atoms with Crippen LogP contribution in [0, 0.1) is 23.2 Å². The van der Waals surface area contributed by atoms with E-state index in [1.54, 1.807) is 29.5 Å². The molecule has 1 amide bonds. The number of piperidine rings is 1. The van der Waals surface area contributed by atoms with Gasteiger partial charge in [-0.25, -0.2) is 14.2 Å². The number of nitriles is 1. The van der Waals surface area contributed by atoms with Crippen LogP contribution in [0.15, 0.2) is 23.2 Å². The molecule has 7 nitrogen and oxygen atoms in total. The molecule has 0 aliphatic carbocycles. The number of rotatable bonds is 4. The first-order valence-electron chi connectivity index (χ1n) is 9.40. The summed E-state index contributed by atoms with van der Waals surface area (Å²) in [5.41, 5.74) is -0.452. The van der Waals surface area contributed by atoms with Crippen molar-refractivity contribution in [2.45, 2.75) is 39.2 Å². The number of carbonyl (C=O) groups excluding carboxylic acids is 1. The average Bonchev–Trinajstić information content (AvgIpc) is 2.66. The van der Waals surface area contributed by atoms with Gasteiger partial charge in [0.25, 0.3) is 0 Å². The lowest BCUT2D eigenvalue weighted by atomic mass is 9.98. The van der Waals surface area contributed by atoms with Gasteiger partial charge < -0.3 is 14.4 Å². The van der Waals surface area contributed by atoms with Gasteiger partial charge in [0.1, 0.15) is 17.0 Å². The van der Waals surface area contributed by atoms with Crippen LogP contribution in [-0.2, 0) is 4.74 Å². The molecule has 1 fully saturated rings. The number of amides is 1. The third-order valence-electron chi connectivity index (χ3n) is 4.26. The fourth-order valence-corrected chi connectivity index (χ4v) is 3.14. The van der Waals surface area contributed by atoms with Crippen molar-refractivity contribution < 1.29 is 18.7 Å². The van der Waals surface area contributed by atoms with E-state index in [-0.39, 0.29) is 22.9 Å². The minimum absolute atomic E-state index is 0.0609. The van der Waals surface area contributed by atoms with Crippen molar-refractivity contribution in [2.75, 3.05) is 26.0 Å². The van der Waals surface area contributed by atoms with Crippen molar-refractivity contribution in [1.82, 2.24) is 10.2 Å². The number of thioether (sulfide) groups is 1. The third kappa shape index (κ3) is 7.13. The SMILES string of the molecule is CSC(=Nc1c(F)cccc1OCC1CCN(C(=O)OC(C)(C)C)CC1)NC#N. The number of hydrogen-bond acceptors (Lipinski definition) is 6. The van der Waals surface area contributed by atoms with Gasteiger partial charge in [-0.2, -0.15) is 5.26 Å². The molecule has 9 heteroatoms. The third-order valence-corrected chi connectivity index (χ3v) is 4.84. The molecular formula is C20H27FN4O3S. The summed E-state index contributed by atoms with van der Waals surface area (Å²) < 4.78 is 25.5. The Hall–Kier alpha value is -2.47.